The highest BCUT2D eigenvalue weighted by molar-refractivity contribution is 8.44. The first-order valence-electron chi connectivity index (χ1n) is 12.2. The van der Waals surface area contributed by atoms with E-state index in [9.17, 15) is 29.5 Å². The third kappa shape index (κ3) is 4.07. The van der Waals surface area contributed by atoms with E-state index in [0.717, 1.165) is 29.0 Å². The Balaban J connectivity index is 1.11. The van der Waals surface area contributed by atoms with Gasteiger partial charge in [0, 0.05) is 0 Å². The Hall–Kier alpha value is -2.88. The highest BCUT2D eigenvalue weighted by Gasteiger charge is 2.80. The van der Waals surface area contributed by atoms with Crippen molar-refractivity contribution in [3.8, 4) is 0 Å². The molecule has 0 spiro atoms. The molecule has 224 valence electrons. The second-order valence-corrected chi connectivity index (χ2v) is 14.1. The SMILES string of the molecule is Nc1nc2c(ncn2[C@@H]2S[C@H](CO)[C@@H](O)[C@H]2O[P@](=O)(S)OC2[C@H]3O[C@@H](n4cnc5c(=O)[nH]cnc54)[C@@H](F)[C@@]23O)c(=O)[nH]1. The number of nitrogens with zero attached hydrogens (tertiary/aromatic N) is 6. The number of halogens is 1. The quantitative estimate of drug-likeness (QED) is 0.0900. The lowest BCUT2D eigenvalue weighted by atomic mass is 10.1. The molecule has 4 aromatic heterocycles. The van der Waals surface area contributed by atoms with Crippen LogP contribution in [0, 0.1) is 0 Å². The minimum atomic E-state index is -4.47. The molecule has 7 rings (SSSR count). The van der Waals surface area contributed by atoms with Gasteiger partial charge in [0.05, 0.1) is 36.9 Å². The number of hydrogen-bond acceptors (Lipinski definition) is 15. The van der Waals surface area contributed by atoms with Crippen molar-refractivity contribution in [3.05, 3.63) is 39.7 Å². The maximum atomic E-state index is 15.6. The molecule has 2 saturated heterocycles. The highest BCUT2D eigenvalue weighted by Crippen LogP contribution is 2.66. The molecule has 3 aliphatic rings. The first-order valence-corrected chi connectivity index (χ1v) is 15.9. The van der Waals surface area contributed by atoms with Crippen LogP contribution < -0.4 is 16.9 Å². The predicted molar refractivity (Wildman–Crippen MR) is 144 cm³/mol. The molecule has 3 fully saturated rings. The van der Waals surface area contributed by atoms with Gasteiger partial charge in [-0.2, -0.15) is 4.98 Å². The van der Waals surface area contributed by atoms with Crippen molar-refractivity contribution in [2.75, 3.05) is 12.3 Å². The predicted octanol–water partition coefficient (Wildman–Crippen LogP) is -1.41. The molecular weight excluding hydrogens is 624 g/mol. The van der Waals surface area contributed by atoms with Gasteiger partial charge < -0.3 is 30.8 Å². The van der Waals surface area contributed by atoms with Crippen molar-refractivity contribution in [1.29, 1.82) is 0 Å². The van der Waals surface area contributed by atoms with Crippen molar-refractivity contribution in [2.45, 2.75) is 53.0 Å². The number of aromatic amines is 2. The summed E-state index contributed by atoms with van der Waals surface area (Å²) in [6, 6.07) is 0. The number of fused-ring (bicyclic) bond motifs is 3. The van der Waals surface area contributed by atoms with Crippen LogP contribution >= 0.6 is 30.8 Å². The zero-order chi connectivity index (χ0) is 29.7. The van der Waals surface area contributed by atoms with Crippen LogP contribution in [0.4, 0.5) is 10.3 Å². The summed E-state index contributed by atoms with van der Waals surface area (Å²) in [5.74, 6) is -0.198. The van der Waals surface area contributed by atoms with Crippen LogP contribution in [-0.4, -0.2) is 102 Å². The molecule has 22 heteroatoms. The average Bonchev–Trinajstić information content (AvgIpc) is 3.45. The van der Waals surface area contributed by atoms with E-state index in [2.05, 4.69) is 42.2 Å². The number of aliphatic hydroxyl groups excluding tert-OH is 2. The number of anilines is 1. The lowest BCUT2D eigenvalue weighted by molar-refractivity contribution is -0.0597. The molecule has 0 bridgehead atoms. The van der Waals surface area contributed by atoms with E-state index in [1.165, 1.54) is 10.9 Å². The minimum absolute atomic E-state index is 0.0273. The maximum Gasteiger partial charge on any atom is 0.387 e. The Morgan fingerprint density at radius 3 is 2.60 bits per heavy atom. The van der Waals surface area contributed by atoms with Crippen molar-refractivity contribution in [1.82, 2.24) is 39.0 Å². The zero-order valence-electron chi connectivity index (χ0n) is 20.8. The van der Waals surface area contributed by atoms with Gasteiger partial charge in [0.2, 0.25) is 5.95 Å². The summed E-state index contributed by atoms with van der Waals surface area (Å²) < 4.78 is 48.2. The summed E-state index contributed by atoms with van der Waals surface area (Å²) in [6.07, 6.45) is -5.56. The molecule has 2 aliphatic heterocycles. The van der Waals surface area contributed by atoms with Crippen LogP contribution in [0.3, 0.4) is 0 Å². The first-order chi connectivity index (χ1) is 19.9. The fraction of sp³-hybridized carbons (Fsp3) is 0.500. The Morgan fingerprint density at radius 2 is 1.90 bits per heavy atom. The number of nitrogen functional groups attached to an aromatic ring is 1. The summed E-state index contributed by atoms with van der Waals surface area (Å²) in [5.41, 5.74) is 2.21. The summed E-state index contributed by atoms with van der Waals surface area (Å²) in [6.45, 7) is -4.96. The molecule has 1 aliphatic carbocycles. The molecular formula is C20H21FN9O9PS2. The maximum absolute atomic E-state index is 15.6. The fourth-order valence-electron chi connectivity index (χ4n) is 5.33. The van der Waals surface area contributed by atoms with Crippen LogP contribution in [0.2, 0.25) is 0 Å². The van der Waals surface area contributed by atoms with Crippen molar-refractivity contribution in [2.24, 2.45) is 0 Å². The summed E-state index contributed by atoms with van der Waals surface area (Å²) in [5, 5.41) is 29.9. The molecule has 1 unspecified atom stereocenters. The van der Waals surface area contributed by atoms with Gasteiger partial charge in [-0.1, -0.05) is 12.2 Å². The lowest BCUT2D eigenvalue weighted by Crippen LogP contribution is -2.36. The Kier molecular flexibility index (Phi) is 6.36. The summed E-state index contributed by atoms with van der Waals surface area (Å²) >= 11 is 5.02. The molecule has 7 N–H and O–H groups in total. The number of imidazole rings is 2. The van der Waals surface area contributed by atoms with Crippen LogP contribution in [-0.2, 0) is 18.3 Å². The van der Waals surface area contributed by atoms with Crippen LogP contribution in [0.25, 0.3) is 22.3 Å². The lowest BCUT2D eigenvalue weighted by Gasteiger charge is -2.27. The second kappa shape index (κ2) is 9.56. The van der Waals surface area contributed by atoms with E-state index >= 15 is 4.39 Å². The number of aromatic nitrogens is 8. The monoisotopic (exact) mass is 645 g/mol. The number of thioether (sulfide) groups is 1. The number of rotatable bonds is 7. The molecule has 10 atom stereocenters. The van der Waals surface area contributed by atoms with Gasteiger partial charge in [0.1, 0.15) is 23.7 Å². The molecule has 1 saturated carbocycles. The minimum Gasteiger partial charge on any atom is -0.395 e. The van der Waals surface area contributed by atoms with Crippen LogP contribution in [0.1, 0.15) is 11.6 Å². The number of alkyl halides is 1. The van der Waals surface area contributed by atoms with Gasteiger partial charge in [-0.3, -0.25) is 32.8 Å². The van der Waals surface area contributed by atoms with Gasteiger partial charge >= 0.3 is 6.80 Å². The number of aliphatic hydroxyl groups is 3. The number of thiol groups is 1. The van der Waals surface area contributed by atoms with Gasteiger partial charge in [0.15, 0.2) is 40.3 Å². The highest BCUT2D eigenvalue weighted by atomic mass is 32.7. The standard InChI is InChI=1S/C20H21FN9O9PS2/c21-10-17(29-3-25-6-13(29)23-2-24-15(6)33)37-11-12(20(10,11)35)39-40(36,41)38-9-8(32)5(1-31)42-18(9)30-4-26-7-14(30)27-19(22)28-16(7)34/h2-5,8-12,17-18,31-32,35H,1H2,(H,36,41)(H,23,24,33)(H3,22,27,28,34)/t5-,8-,9-,10-,11-,12?,17-,18-,20+,40+/m1/s1. The number of H-pyrrole nitrogens is 2. The molecule has 6 heterocycles. The Morgan fingerprint density at radius 1 is 1.19 bits per heavy atom. The molecule has 42 heavy (non-hydrogen) atoms. The van der Waals surface area contributed by atoms with Gasteiger partial charge in [-0.25, -0.2) is 23.9 Å². The average molecular weight is 646 g/mol. The van der Waals surface area contributed by atoms with Crippen molar-refractivity contribution < 1.29 is 38.1 Å². The molecule has 0 radical (unpaired) electrons. The molecule has 4 aromatic rings. The van der Waals surface area contributed by atoms with Crippen LogP contribution in [0.15, 0.2) is 28.6 Å². The van der Waals surface area contributed by atoms with Gasteiger partial charge in [-0.15, -0.1) is 11.8 Å². The number of ether oxygens (including phenoxy) is 1. The third-order valence-corrected chi connectivity index (χ3v) is 10.5. The summed E-state index contributed by atoms with van der Waals surface area (Å²) in [7, 11) is 0. The molecule has 18 nitrogen and oxygen atoms in total. The zero-order valence-corrected chi connectivity index (χ0v) is 23.4. The van der Waals surface area contributed by atoms with Gasteiger partial charge in [0.25, 0.3) is 11.1 Å². The Labute approximate surface area is 241 Å². The van der Waals surface area contributed by atoms with E-state index in [1.807, 2.05) is 0 Å². The van der Waals surface area contributed by atoms with Gasteiger partial charge in [-0.05, 0) is 0 Å². The van der Waals surface area contributed by atoms with E-state index in [-0.39, 0.29) is 28.3 Å². The van der Waals surface area contributed by atoms with Crippen LogP contribution in [0.5, 0.6) is 0 Å². The summed E-state index contributed by atoms with van der Waals surface area (Å²) in [4.78, 5) is 44.8. The smallest absolute Gasteiger partial charge is 0.387 e. The number of nitrogens with one attached hydrogen (secondary N) is 2. The normalized spacial score (nSPS) is 35.5. The largest absolute Gasteiger partial charge is 0.395 e. The first kappa shape index (κ1) is 27.9. The van der Waals surface area contributed by atoms with E-state index in [1.54, 1.807) is 0 Å². The molecule has 0 amide bonds. The Bertz CT molecular complexity index is 1890. The molecule has 0 aromatic carbocycles. The fourth-order valence-corrected chi connectivity index (χ4v) is 8.62. The van der Waals surface area contributed by atoms with Crippen molar-refractivity contribution in [3.63, 3.8) is 0 Å². The van der Waals surface area contributed by atoms with Crippen molar-refractivity contribution >= 4 is 59.1 Å². The van der Waals surface area contributed by atoms with E-state index < -0.39 is 77.6 Å². The topological polar surface area (TPSA) is 259 Å². The number of hydrogen-bond donors (Lipinski definition) is 7. The van der Waals surface area contributed by atoms with E-state index in [4.69, 9.17) is 19.5 Å². The van der Waals surface area contributed by atoms with E-state index in [0.29, 0.717) is 0 Å². The number of nitrogens with two attached hydrogens (primary N) is 1. The third-order valence-electron chi connectivity index (χ3n) is 7.41. The second-order valence-electron chi connectivity index (χ2n) is 9.87.